The maximum absolute atomic E-state index is 12.5. The summed E-state index contributed by atoms with van der Waals surface area (Å²) >= 11 is 0. The Morgan fingerprint density at radius 3 is 2.77 bits per heavy atom. The van der Waals surface area contributed by atoms with Crippen molar-refractivity contribution in [2.45, 2.75) is 33.2 Å². The molecule has 7 nitrogen and oxygen atoms in total. The fourth-order valence-corrected chi connectivity index (χ4v) is 3.46. The minimum Gasteiger partial charge on any atom is -0.356 e. The largest absolute Gasteiger partial charge is 0.356 e. The molecule has 3 aromatic rings. The molecule has 0 spiro atoms. The number of nitrogens with one attached hydrogen (secondary N) is 1. The third-order valence-electron chi connectivity index (χ3n) is 4.77. The van der Waals surface area contributed by atoms with Crippen molar-refractivity contribution >= 4 is 28.4 Å². The lowest BCUT2D eigenvalue weighted by Gasteiger charge is -2.16. The molecule has 1 amide bonds. The predicted molar refractivity (Wildman–Crippen MR) is 101 cm³/mol. The highest BCUT2D eigenvalue weighted by atomic mass is 16.2. The number of amides is 1. The first kappa shape index (κ1) is 16.5. The van der Waals surface area contributed by atoms with Gasteiger partial charge in [0.25, 0.3) is 0 Å². The summed E-state index contributed by atoms with van der Waals surface area (Å²) in [6, 6.07) is 5.97. The van der Waals surface area contributed by atoms with Crippen LogP contribution in [-0.2, 0) is 11.3 Å². The number of aromatic nitrogens is 4. The highest BCUT2D eigenvalue weighted by Crippen LogP contribution is 2.25. The van der Waals surface area contributed by atoms with Crippen LogP contribution in [0, 0.1) is 13.8 Å². The Hall–Kier alpha value is -2.96. The summed E-state index contributed by atoms with van der Waals surface area (Å²) in [5, 5.41) is 8.23. The van der Waals surface area contributed by atoms with E-state index in [0.29, 0.717) is 5.65 Å². The Morgan fingerprint density at radius 2 is 2.00 bits per heavy atom. The molecule has 0 radical (unpaired) electrons. The van der Waals surface area contributed by atoms with Gasteiger partial charge in [0, 0.05) is 18.8 Å². The van der Waals surface area contributed by atoms with Gasteiger partial charge < -0.3 is 10.2 Å². The van der Waals surface area contributed by atoms with Crippen LogP contribution in [0.1, 0.15) is 24.0 Å². The van der Waals surface area contributed by atoms with E-state index in [4.69, 9.17) is 0 Å². The Balaban J connectivity index is 1.55. The molecule has 4 rings (SSSR count). The number of benzene rings is 1. The van der Waals surface area contributed by atoms with Crippen LogP contribution in [-0.4, -0.2) is 38.7 Å². The second-order valence-corrected chi connectivity index (χ2v) is 6.80. The van der Waals surface area contributed by atoms with Crippen molar-refractivity contribution in [3.63, 3.8) is 0 Å². The monoisotopic (exact) mass is 350 g/mol. The Labute approximate surface area is 152 Å². The van der Waals surface area contributed by atoms with Gasteiger partial charge in [0.2, 0.25) is 5.91 Å². The van der Waals surface area contributed by atoms with Gasteiger partial charge in [0.15, 0.2) is 5.65 Å². The van der Waals surface area contributed by atoms with E-state index >= 15 is 0 Å². The zero-order valence-electron chi connectivity index (χ0n) is 15.1. The van der Waals surface area contributed by atoms with Crippen molar-refractivity contribution in [1.29, 1.82) is 0 Å². The van der Waals surface area contributed by atoms with Gasteiger partial charge in [-0.05, 0) is 38.3 Å². The zero-order valence-corrected chi connectivity index (χ0v) is 15.1. The fourth-order valence-electron chi connectivity index (χ4n) is 3.46. The fraction of sp³-hybridized carbons (Fsp3) is 0.368. The third kappa shape index (κ3) is 3.12. The molecule has 0 unspecified atom stereocenters. The summed E-state index contributed by atoms with van der Waals surface area (Å²) in [5.74, 6) is 0.789. The molecule has 1 saturated heterocycles. The number of carbonyl (C=O) groups excluding carboxylic acids is 1. The van der Waals surface area contributed by atoms with Gasteiger partial charge in [-0.2, -0.15) is 5.10 Å². The van der Waals surface area contributed by atoms with E-state index in [-0.39, 0.29) is 12.5 Å². The molecule has 1 N–H and O–H groups in total. The van der Waals surface area contributed by atoms with Crippen LogP contribution in [0.4, 0.5) is 11.5 Å². The maximum Gasteiger partial charge on any atom is 0.246 e. The number of hydrogen-bond acceptors (Lipinski definition) is 5. The minimum atomic E-state index is -0.122. The number of fused-ring (bicyclic) bond motifs is 1. The standard InChI is InChI=1S/C19H22N6O/c1-13-5-6-16(14(2)9-13)23-17(26)11-25-19-15(10-22-25)18(20-12-21-19)24-7-3-4-8-24/h5-6,9-10,12H,3-4,7-8,11H2,1-2H3,(H,23,26). The molecule has 0 atom stereocenters. The highest BCUT2D eigenvalue weighted by Gasteiger charge is 2.19. The summed E-state index contributed by atoms with van der Waals surface area (Å²) in [6.07, 6.45) is 5.67. The van der Waals surface area contributed by atoms with Gasteiger partial charge in [-0.3, -0.25) is 4.79 Å². The number of nitrogens with zero attached hydrogens (tertiary/aromatic N) is 5. The molecule has 7 heteroatoms. The Kier molecular flexibility index (Phi) is 4.28. The van der Waals surface area contributed by atoms with Crippen LogP contribution in [0.2, 0.25) is 0 Å². The molecule has 0 saturated carbocycles. The average Bonchev–Trinajstić information content (AvgIpc) is 3.28. The van der Waals surface area contributed by atoms with Gasteiger partial charge >= 0.3 is 0 Å². The van der Waals surface area contributed by atoms with Crippen LogP contribution in [0.5, 0.6) is 0 Å². The molecule has 26 heavy (non-hydrogen) atoms. The molecule has 0 aliphatic carbocycles. The van der Waals surface area contributed by atoms with E-state index in [1.54, 1.807) is 17.2 Å². The van der Waals surface area contributed by atoms with Crippen molar-refractivity contribution in [2.24, 2.45) is 0 Å². The molecule has 1 aromatic carbocycles. The smallest absolute Gasteiger partial charge is 0.246 e. The number of aryl methyl sites for hydroxylation is 2. The molecule has 1 aliphatic heterocycles. The lowest BCUT2D eigenvalue weighted by atomic mass is 10.1. The van der Waals surface area contributed by atoms with Gasteiger partial charge in [-0.1, -0.05) is 17.7 Å². The SMILES string of the molecule is Cc1ccc(NC(=O)Cn2ncc3c(N4CCCC4)ncnc32)c(C)c1. The topological polar surface area (TPSA) is 75.9 Å². The number of anilines is 2. The summed E-state index contributed by atoms with van der Waals surface area (Å²) in [6.45, 7) is 6.15. The van der Waals surface area contributed by atoms with E-state index < -0.39 is 0 Å². The summed E-state index contributed by atoms with van der Waals surface area (Å²) in [4.78, 5) is 23.5. The number of hydrogen-bond donors (Lipinski definition) is 1. The van der Waals surface area contributed by atoms with Crippen LogP contribution in [0.15, 0.2) is 30.7 Å². The van der Waals surface area contributed by atoms with Crippen molar-refractivity contribution < 1.29 is 4.79 Å². The van der Waals surface area contributed by atoms with E-state index in [2.05, 4.69) is 31.3 Å². The molecule has 134 valence electrons. The van der Waals surface area contributed by atoms with E-state index in [9.17, 15) is 4.79 Å². The Morgan fingerprint density at radius 1 is 1.19 bits per heavy atom. The number of rotatable bonds is 4. The second kappa shape index (κ2) is 6.74. The van der Waals surface area contributed by atoms with Crippen molar-refractivity contribution in [3.05, 3.63) is 41.9 Å². The predicted octanol–water partition coefficient (Wildman–Crippen LogP) is 2.68. The zero-order chi connectivity index (χ0) is 18.1. The molecule has 0 bridgehead atoms. The lowest BCUT2D eigenvalue weighted by molar-refractivity contribution is -0.116. The van der Waals surface area contributed by atoms with Crippen LogP contribution < -0.4 is 10.2 Å². The molecule has 2 aromatic heterocycles. The normalized spacial score (nSPS) is 14.2. The third-order valence-corrected chi connectivity index (χ3v) is 4.77. The first-order chi connectivity index (χ1) is 12.6. The summed E-state index contributed by atoms with van der Waals surface area (Å²) in [7, 11) is 0. The van der Waals surface area contributed by atoms with Crippen molar-refractivity contribution in [2.75, 3.05) is 23.3 Å². The molecular formula is C19H22N6O. The van der Waals surface area contributed by atoms with Gasteiger partial charge in [0.1, 0.15) is 18.7 Å². The van der Waals surface area contributed by atoms with Gasteiger partial charge in [-0.15, -0.1) is 0 Å². The van der Waals surface area contributed by atoms with Crippen molar-refractivity contribution in [1.82, 2.24) is 19.7 Å². The molecule has 3 heterocycles. The first-order valence-corrected chi connectivity index (χ1v) is 8.90. The highest BCUT2D eigenvalue weighted by molar-refractivity contribution is 5.93. The van der Waals surface area contributed by atoms with Crippen LogP contribution in [0.3, 0.4) is 0 Å². The van der Waals surface area contributed by atoms with Gasteiger partial charge in [0.05, 0.1) is 11.6 Å². The molecular weight excluding hydrogens is 328 g/mol. The Bertz CT molecular complexity index is 958. The van der Waals surface area contributed by atoms with Crippen LogP contribution >= 0.6 is 0 Å². The summed E-state index contributed by atoms with van der Waals surface area (Å²) in [5.41, 5.74) is 3.73. The first-order valence-electron chi connectivity index (χ1n) is 8.90. The van der Waals surface area contributed by atoms with Crippen molar-refractivity contribution in [3.8, 4) is 0 Å². The second-order valence-electron chi connectivity index (χ2n) is 6.80. The van der Waals surface area contributed by atoms with E-state index in [1.165, 1.54) is 18.4 Å². The molecule has 1 aliphatic rings. The average molecular weight is 350 g/mol. The lowest BCUT2D eigenvalue weighted by Crippen LogP contribution is -2.21. The maximum atomic E-state index is 12.5. The summed E-state index contributed by atoms with van der Waals surface area (Å²) < 4.78 is 1.63. The number of carbonyl (C=O) groups is 1. The molecule has 1 fully saturated rings. The van der Waals surface area contributed by atoms with E-state index in [1.807, 2.05) is 26.0 Å². The quantitative estimate of drug-likeness (QED) is 0.783. The van der Waals surface area contributed by atoms with Gasteiger partial charge in [-0.25, -0.2) is 14.6 Å². The van der Waals surface area contributed by atoms with Crippen LogP contribution in [0.25, 0.3) is 11.0 Å². The van der Waals surface area contributed by atoms with E-state index in [0.717, 1.165) is 35.5 Å². The minimum absolute atomic E-state index is 0.118.